The highest BCUT2D eigenvalue weighted by atomic mass is 19.1. The summed E-state index contributed by atoms with van der Waals surface area (Å²) in [7, 11) is 0. The lowest BCUT2D eigenvalue weighted by atomic mass is 9.98. The summed E-state index contributed by atoms with van der Waals surface area (Å²) >= 11 is 0. The van der Waals surface area contributed by atoms with E-state index in [1.165, 1.54) is 18.5 Å². The number of hydrogen-bond acceptors (Lipinski definition) is 6. The molecule has 0 atom stereocenters. The van der Waals surface area contributed by atoms with E-state index in [9.17, 15) is 14.7 Å². The van der Waals surface area contributed by atoms with Gasteiger partial charge in [0.05, 0.1) is 13.2 Å². The summed E-state index contributed by atoms with van der Waals surface area (Å²) in [5, 5.41) is 13.3. The summed E-state index contributed by atoms with van der Waals surface area (Å²) in [6.07, 6.45) is 3.37. The molecule has 33 heavy (non-hydrogen) atoms. The van der Waals surface area contributed by atoms with Crippen LogP contribution in [0.2, 0.25) is 0 Å². The molecule has 0 spiro atoms. The Hall–Kier alpha value is -3.95. The van der Waals surface area contributed by atoms with Gasteiger partial charge in [0.2, 0.25) is 5.88 Å². The van der Waals surface area contributed by atoms with E-state index in [-0.39, 0.29) is 30.4 Å². The number of carboxylic acid groups (broad SMARTS) is 1. The molecule has 9 nitrogen and oxygen atoms in total. The van der Waals surface area contributed by atoms with E-state index in [4.69, 9.17) is 9.47 Å². The number of rotatable bonds is 4. The Labute approximate surface area is 188 Å². The molecule has 0 unspecified atom stereocenters. The molecule has 0 bridgehead atoms. The number of nitrogens with one attached hydrogen (secondary N) is 1. The molecular weight excluding hydrogens is 431 g/mol. The lowest BCUT2D eigenvalue weighted by Crippen LogP contribution is -2.37. The van der Waals surface area contributed by atoms with Gasteiger partial charge in [0.25, 0.3) is 0 Å². The number of aromatic nitrogens is 2. The molecule has 3 aromatic rings. The molecule has 0 saturated heterocycles. The largest absolute Gasteiger partial charge is 0.474 e. The van der Waals surface area contributed by atoms with E-state index in [1.807, 2.05) is 0 Å². The van der Waals surface area contributed by atoms with Crippen LogP contribution in [0.5, 0.6) is 5.88 Å². The third-order valence-corrected chi connectivity index (χ3v) is 5.80. The SMILES string of the molecule is Cc1c(-c2cc3cc(NC(=O)OCC4CC4)ncc3cc2F)cnc2c1N(C(=O)O)CCO2. The highest BCUT2D eigenvalue weighted by Crippen LogP contribution is 2.40. The van der Waals surface area contributed by atoms with Crippen LogP contribution in [0.15, 0.2) is 30.6 Å². The average Bonchev–Trinajstić information content (AvgIpc) is 3.62. The van der Waals surface area contributed by atoms with E-state index in [0.29, 0.717) is 40.1 Å². The smallest absolute Gasteiger partial charge is 0.412 e. The van der Waals surface area contributed by atoms with Gasteiger partial charge in [-0.1, -0.05) is 0 Å². The second kappa shape index (κ2) is 8.19. The normalized spacial score (nSPS) is 15.0. The number of ether oxygens (including phenoxy) is 2. The Kier molecular flexibility index (Phi) is 5.20. The van der Waals surface area contributed by atoms with Gasteiger partial charge in [-0.15, -0.1) is 0 Å². The van der Waals surface area contributed by atoms with Crippen LogP contribution >= 0.6 is 0 Å². The van der Waals surface area contributed by atoms with Gasteiger partial charge in [-0.25, -0.2) is 23.9 Å². The molecule has 2 N–H and O–H groups in total. The molecule has 2 aromatic heterocycles. The van der Waals surface area contributed by atoms with E-state index < -0.39 is 18.0 Å². The third-order valence-electron chi connectivity index (χ3n) is 5.80. The predicted octanol–water partition coefficient (Wildman–Crippen LogP) is 4.58. The monoisotopic (exact) mass is 452 g/mol. The number of nitrogens with zero attached hydrogens (tertiary/aromatic N) is 3. The molecule has 5 rings (SSSR count). The Morgan fingerprint density at radius 2 is 2.03 bits per heavy atom. The second-order valence-electron chi connectivity index (χ2n) is 8.15. The maximum Gasteiger partial charge on any atom is 0.412 e. The number of fused-ring (bicyclic) bond motifs is 2. The van der Waals surface area contributed by atoms with Crippen molar-refractivity contribution in [2.75, 3.05) is 30.0 Å². The lowest BCUT2D eigenvalue weighted by molar-refractivity contribution is 0.156. The van der Waals surface area contributed by atoms with Crippen molar-refractivity contribution in [2.24, 2.45) is 5.92 Å². The standard InChI is InChI=1S/C23H21FN4O5/c1-12-17(10-26-21-20(12)28(23(30)31)4-5-32-21)16-6-14-8-19(25-9-15(14)7-18(16)24)27-22(29)33-11-13-2-3-13/h6-10,13H,2-5,11H2,1H3,(H,30,31)(H,25,27,29). The highest BCUT2D eigenvalue weighted by Gasteiger charge is 2.28. The molecule has 1 saturated carbocycles. The molecular formula is C23H21FN4O5. The Bertz CT molecular complexity index is 1280. The summed E-state index contributed by atoms with van der Waals surface area (Å²) in [6, 6.07) is 4.60. The molecule has 3 heterocycles. The van der Waals surface area contributed by atoms with Crippen LogP contribution in [0.3, 0.4) is 0 Å². The van der Waals surface area contributed by atoms with Crippen molar-refractivity contribution in [3.05, 3.63) is 42.0 Å². The summed E-state index contributed by atoms with van der Waals surface area (Å²) in [5.41, 5.74) is 1.54. The number of anilines is 2. The number of benzene rings is 1. The number of pyridine rings is 2. The van der Waals surface area contributed by atoms with Gasteiger partial charge in [0, 0.05) is 28.9 Å². The first kappa shape index (κ1) is 20.9. The van der Waals surface area contributed by atoms with Gasteiger partial charge >= 0.3 is 12.2 Å². The summed E-state index contributed by atoms with van der Waals surface area (Å²) in [6.45, 7) is 2.45. The van der Waals surface area contributed by atoms with Crippen molar-refractivity contribution >= 4 is 34.5 Å². The van der Waals surface area contributed by atoms with Gasteiger partial charge in [-0.05, 0) is 54.8 Å². The minimum atomic E-state index is -1.13. The van der Waals surface area contributed by atoms with E-state index >= 15 is 4.39 Å². The molecule has 10 heteroatoms. The Morgan fingerprint density at radius 1 is 1.21 bits per heavy atom. The van der Waals surface area contributed by atoms with Gasteiger partial charge in [-0.2, -0.15) is 0 Å². The fourth-order valence-electron chi connectivity index (χ4n) is 3.86. The molecule has 170 valence electrons. The highest BCUT2D eigenvalue weighted by molar-refractivity contribution is 5.94. The Morgan fingerprint density at radius 3 is 2.79 bits per heavy atom. The lowest BCUT2D eigenvalue weighted by Gasteiger charge is -2.28. The van der Waals surface area contributed by atoms with Gasteiger partial charge in [0.15, 0.2) is 0 Å². The van der Waals surface area contributed by atoms with Gasteiger partial charge in [0.1, 0.15) is 23.9 Å². The molecule has 2 amide bonds. The number of carbonyl (C=O) groups is 2. The maximum absolute atomic E-state index is 15.1. The van der Waals surface area contributed by atoms with Crippen LogP contribution in [-0.2, 0) is 4.74 Å². The fraction of sp³-hybridized carbons (Fsp3) is 0.304. The quantitative estimate of drug-likeness (QED) is 0.596. The van der Waals surface area contributed by atoms with E-state index in [2.05, 4.69) is 15.3 Å². The fourth-order valence-corrected chi connectivity index (χ4v) is 3.86. The molecule has 1 fully saturated rings. The van der Waals surface area contributed by atoms with Crippen LogP contribution in [0.25, 0.3) is 21.9 Å². The number of hydrogen-bond donors (Lipinski definition) is 2. The van der Waals surface area contributed by atoms with Crippen molar-refractivity contribution in [2.45, 2.75) is 19.8 Å². The maximum atomic E-state index is 15.1. The second-order valence-corrected chi connectivity index (χ2v) is 8.15. The van der Waals surface area contributed by atoms with Crippen molar-refractivity contribution in [1.82, 2.24) is 9.97 Å². The Balaban J connectivity index is 1.50. The van der Waals surface area contributed by atoms with Gasteiger partial charge in [-0.3, -0.25) is 10.2 Å². The summed E-state index contributed by atoms with van der Waals surface area (Å²) in [5.74, 6) is 0.428. The van der Waals surface area contributed by atoms with Crippen LogP contribution in [-0.4, -0.2) is 47.0 Å². The summed E-state index contributed by atoms with van der Waals surface area (Å²) < 4.78 is 25.7. The summed E-state index contributed by atoms with van der Waals surface area (Å²) in [4.78, 5) is 33.2. The van der Waals surface area contributed by atoms with E-state index in [1.54, 1.807) is 19.1 Å². The van der Waals surface area contributed by atoms with Crippen LogP contribution in [0.4, 0.5) is 25.5 Å². The van der Waals surface area contributed by atoms with E-state index in [0.717, 1.165) is 17.7 Å². The van der Waals surface area contributed by atoms with Crippen LogP contribution in [0.1, 0.15) is 18.4 Å². The first-order valence-electron chi connectivity index (χ1n) is 10.6. The molecule has 0 radical (unpaired) electrons. The average molecular weight is 452 g/mol. The zero-order chi connectivity index (χ0) is 23.1. The first-order valence-corrected chi connectivity index (χ1v) is 10.6. The molecule has 1 aliphatic carbocycles. The predicted molar refractivity (Wildman–Crippen MR) is 118 cm³/mol. The minimum absolute atomic E-state index is 0.159. The number of amides is 2. The molecule has 1 aromatic carbocycles. The topological polar surface area (TPSA) is 114 Å². The van der Waals surface area contributed by atoms with Gasteiger partial charge < -0.3 is 14.6 Å². The zero-order valence-corrected chi connectivity index (χ0v) is 17.8. The number of halogens is 1. The van der Waals surface area contributed by atoms with Crippen molar-refractivity contribution < 1.29 is 28.6 Å². The van der Waals surface area contributed by atoms with Crippen molar-refractivity contribution in [3.8, 4) is 17.0 Å². The first-order chi connectivity index (χ1) is 15.9. The zero-order valence-electron chi connectivity index (χ0n) is 17.8. The molecule has 1 aliphatic heterocycles. The number of carbonyl (C=O) groups excluding carboxylic acids is 1. The van der Waals surface area contributed by atoms with Crippen LogP contribution in [0, 0.1) is 18.7 Å². The molecule has 2 aliphatic rings. The van der Waals surface area contributed by atoms with Crippen molar-refractivity contribution in [1.29, 1.82) is 0 Å². The third kappa shape index (κ3) is 4.11. The van der Waals surface area contributed by atoms with Crippen molar-refractivity contribution in [3.63, 3.8) is 0 Å². The van der Waals surface area contributed by atoms with Crippen LogP contribution < -0.4 is 15.0 Å². The minimum Gasteiger partial charge on any atom is -0.474 e.